The smallest absolute Gasteiger partial charge is 0.327 e. The highest BCUT2D eigenvalue weighted by molar-refractivity contribution is 6.09. The lowest BCUT2D eigenvalue weighted by molar-refractivity contribution is -0.155. The Morgan fingerprint density at radius 3 is 2.80 bits per heavy atom. The predicted molar refractivity (Wildman–Crippen MR) is 86.1 cm³/mol. The number of carbonyl (C=O) groups is 4. The highest BCUT2D eigenvalue weighted by Gasteiger charge is 2.54. The first-order valence-corrected chi connectivity index (χ1v) is 8.06. The highest BCUT2D eigenvalue weighted by atomic mass is 16.5. The van der Waals surface area contributed by atoms with Gasteiger partial charge in [-0.15, -0.1) is 0 Å². The third-order valence-corrected chi connectivity index (χ3v) is 4.65. The monoisotopic (exact) mass is 345 g/mol. The third kappa shape index (κ3) is 2.84. The lowest BCUT2D eigenvalue weighted by Crippen LogP contribution is -2.47. The summed E-state index contributed by atoms with van der Waals surface area (Å²) in [5, 5.41) is 2.74. The molecule has 0 aromatic heterocycles. The van der Waals surface area contributed by atoms with Crippen molar-refractivity contribution in [2.75, 3.05) is 6.54 Å². The number of amides is 4. The molecule has 0 radical (unpaired) electrons. The Bertz CT molecular complexity index is 762. The number of hydrogen-bond acceptors (Lipinski definition) is 5. The topological polar surface area (TPSA) is 119 Å². The highest BCUT2D eigenvalue weighted by Crippen LogP contribution is 2.39. The maximum absolute atomic E-state index is 13.0. The van der Waals surface area contributed by atoms with Crippen LogP contribution in [0.5, 0.6) is 0 Å². The van der Waals surface area contributed by atoms with Crippen LogP contribution in [0.4, 0.5) is 4.79 Å². The van der Waals surface area contributed by atoms with E-state index in [-0.39, 0.29) is 0 Å². The lowest BCUT2D eigenvalue weighted by atomic mass is 9.76. The molecule has 1 aliphatic carbocycles. The molecule has 2 atom stereocenters. The Kier molecular flexibility index (Phi) is 4.20. The summed E-state index contributed by atoms with van der Waals surface area (Å²) >= 11 is 0. The van der Waals surface area contributed by atoms with Crippen molar-refractivity contribution in [1.29, 1.82) is 0 Å². The molecule has 4 amide bonds. The summed E-state index contributed by atoms with van der Waals surface area (Å²) in [6.07, 6.45) is 0.925. The number of aryl methyl sites for hydroxylation is 1. The summed E-state index contributed by atoms with van der Waals surface area (Å²) < 4.78 is 4.83. The lowest BCUT2D eigenvalue weighted by Gasteiger charge is -2.33. The van der Waals surface area contributed by atoms with Crippen LogP contribution in [0.1, 0.15) is 30.9 Å². The average molecular weight is 345 g/mol. The van der Waals surface area contributed by atoms with Crippen molar-refractivity contribution in [2.24, 2.45) is 5.73 Å². The number of rotatable bonds is 4. The number of primary amides is 1. The zero-order valence-electron chi connectivity index (χ0n) is 13.8. The van der Waals surface area contributed by atoms with Crippen LogP contribution in [-0.4, -0.2) is 41.4 Å². The fraction of sp³-hybridized carbons (Fsp3) is 0.412. The van der Waals surface area contributed by atoms with E-state index in [2.05, 4.69) is 5.32 Å². The van der Waals surface area contributed by atoms with E-state index in [1.165, 1.54) is 6.92 Å². The molecule has 0 saturated carbocycles. The fourth-order valence-electron chi connectivity index (χ4n) is 3.38. The number of fused-ring (bicyclic) bond motifs is 2. The van der Waals surface area contributed by atoms with Gasteiger partial charge in [-0.2, -0.15) is 0 Å². The molecule has 8 heteroatoms. The molecule has 3 rings (SSSR count). The summed E-state index contributed by atoms with van der Waals surface area (Å²) in [5.74, 6) is -2.15. The second-order valence-corrected chi connectivity index (χ2v) is 6.27. The molecule has 25 heavy (non-hydrogen) atoms. The molecule has 132 valence electrons. The molecule has 0 bridgehead atoms. The Hall–Kier alpha value is -2.90. The van der Waals surface area contributed by atoms with Crippen molar-refractivity contribution in [3.05, 3.63) is 35.4 Å². The molecule has 3 N–H and O–H groups in total. The van der Waals surface area contributed by atoms with Gasteiger partial charge in [0.05, 0.1) is 0 Å². The predicted octanol–water partition coefficient (Wildman–Crippen LogP) is 0.187. The zero-order valence-corrected chi connectivity index (χ0v) is 13.8. The van der Waals surface area contributed by atoms with Crippen molar-refractivity contribution in [1.82, 2.24) is 10.2 Å². The van der Waals surface area contributed by atoms with E-state index in [0.717, 1.165) is 28.9 Å². The Labute approximate surface area is 144 Å². The van der Waals surface area contributed by atoms with Crippen LogP contribution in [0.15, 0.2) is 24.3 Å². The molecular formula is C17H19N3O5. The van der Waals surface area contributed by atoms with Gasteiger partial charge in [0.2, 0.25) is 0 Å². The summed E-state index contributed by atoms with van der Waals surface area (Å²) in [5.41, 5.74) is 5.67. The minimum Gasteiger partial charge on any atom is -0.451 e. The maximum atomic E-state index is 13.0. The van der Waals surface area contributed by atoms with Crippen LogP contribution in [0, 0.1) is 0 Å². The normalized spacial score (nSPS) is 23.2. The number of esters is 1. The molecule has 0 unspecified atom stereocenters. The van der Waals surface area contributed by atoms with Crippen molar-refractivity contribution in [2.45, 2.75) is 37.8 Å². The van der Waals surface area contributed by atoms with Crippen LogP contribution in [0.2, 0.25) is 0 Å². The number of benzene rings is 1. The van der Waals surface area contributed by atoms with Crippen molar-refractivity contribution in [3.63, 3.8) is 0 Å². The molecule has 8 nitrogen and oxygen atoms in total. The van der Waals surface area contributed by atoms with Crippen LogP contribution in [0.3, 0.4) is 0 Å². The van der Waals surface area contributed by atoms with Crippen molar-refractivity contribution < 1.29 is 23.9 Å². The Morgan fingerprint density at radius 2 is 2.08 bits per heavy atom. The number of nitrogens with two attached hydrogens (primary N) is 1. The summed E-state index contributed by atoms with van der Waals surface area (Å²) in [6.45, 7) is 0.761. The third-order valence-electron chi connectivity index (χ3n) is 4.65. The van der Waals surface area contributed by atoms with Gasteiger partial charge < -0.3 is 15.8 Å². The van der Waals surface area contributed by atoms with Crippen LogP contribution in [0.25, 0.3) is 0 Å². The molecule has 1 aromatic carbocycles. The van der Waals surface area contributed by atoms with Crippen LogP contribution in [-0.2, 0) is 31.1 Å². The SMILES string of the molecule is C[C@H](OC(=O)CN1C(=O)N[C@@]2(CCCc3ccccc32)C1=O)C(N)=O. The largest absolute Gasteiger partial charge is 0.451 e. The van der Waals surface area contributed by atoms with Gasteiger partial charge in [-0.1, -0.05) is 24.3 Å². The van der Waals surface area contributed by atoms with Gasteiger partial charge in [-0.25, -0.2) is 4.79 Å². The fourth-order valence-corrected chi connectivity index (χ4v) is 3.38. The number of imide groups is 1. The second-order valence-electron chi connectivity index (χ2n) is 6.27. The molecule has 1 heterocycles. The number of nitrogens with zero attached hydrogens (tertiary/aromatic N) is 1. The first-order valence-electron chi connectivity index (χ1n) is 8.06. The van der Waals surface area contributed by atoms with Gasteiger partial charge in [-0.3, -0.25) is 19.3 Å². The number of ether oxygens (including phenoxy) is 1. The molecule has 1 fully saturated rings. The van der Waals surface area contributed by atoms with E-state index in [9.17, 15) is 19.2 Å². The zero-order chi connectivity index (χ0) is 18.2. The van der Waals surface area contributed by atoms with Gasteiger partial charge >= 0.3 is 12.0 Å². The van der Waals surface area contributed by atoms with E-state index < -0.39 is 42.0 Å². The van der Waals surface area contributed by atoms with Gasteiger partial charge in [0.1, 0.15) is 12.1 Å². The summed E-state index contributed by atoms with van der Waals surface area (Å²) in [7, 11) is 0. The quantitative estimate of drug-likeness (QED) is 0.596. The van der Waals surface area contributed by atoms with Crippen molar-refractivity contribution >= 4 is 23.8 Å². The molecule has 1 aliphatic heterocycles. The minimum atomic E-state index is -1.14. The average Bonchev–Trinajstić information content (AvgIpc) is 2.80. The van der Waals surface area contributed by atoms with Crippen LogP contribution >= 0.6 is 0 Å². The molecular weight excluding hydrogens is 326 g/mol. The van der Waals surface area contributed by atoms with Gasteiger partial charge in [-0.05, 0) is 37.3 Å². The first kappa shape index (κ1) is 16.9. The standard InChI is InChI=1S/C17H19N3O5/c1-10(14(18)22)25-13(21)9-20-15(23)17(19-16(20)24)8-4-6-11-5-2-3-7-12(11)17/h2-3,5,7,10H,4,6,8-9H2,1H3,(H2,18,22)(H,19,24)/t10-,17+/m0/s1. The molecule has 2 aliphatic rings. The first-order chi connectivity index (χ1) is 11.8. The minimum absolute atomic E-state index is 0.470. The second kappa shape index (κ2) is 6.19. The number of hydrogen-bond donors (Lipinski definition) is 2. The molecule has 1 saturated heterocycles. The molecule has 1 spiro atoms. The van der Waals surface area contributed by atoms with Gasteiger partial charge in [0.15, 0.2) is 6.10 Å². The van der Waals surface area contributed by atoms with Gasteiger partial charge in [0.25, 0.3) is 11.8 Å². The Morgan fingerprint density at radius 1 is 1.36 bits per heavy atom. The van der Waals surface area contributed by atoms with E-state index in [4.69, 9.17) is 10.5 Å². The summed E-state index contributed by atoms with van der Waals surface area (Å²) in [4.78, 5) is 49.0. The number of carbonyl (C=O) groups excluding carboxylic acids is 4. The van der Waals surface area contributed by atoms with E-state index in [1.807, 2.05) is 24.3 Å². The number of nitrogens with one attached hydrogen (secondary N) is 1. The van der Waals surface area contributed by atoms with E-state index >= 15 is 0 Å². The Balaban J connectivity index is 1.82. The van der Waals surface area contributed by atoms with Crippen molar-refractivity contribution in [3.8, 4) is 0 Å². The molecule has 1 aromatic rings. The summed E-state index contributed by atoms with van der Waals surface area (Å²) in [6, 6.07) is 6.81. The van der Waals surface area contributed by atoms with Crippen LogP contribution < -0.4 is 11.1 Å². The number of urea groups is 1. The van der Waals surface area contributed by atoms with Gasteiger partial charge in [0, 0.05) is 0 Å². The van der Waals surface area contributed by atoms with E-state index in [1.54, 1.807) is 0 Å². The maximum Gasteiger partial charge on any atom is 0.327 e. The van der Waals surface area contributed by atoms with E-state index in [0.29, 0.717) is 6.42 Å².